The number of carbonyl (C=O) groups excluding carboxylic acids is 1. The number of hydrogen-bond donors (Lipinski definition) is 0. The molecule has 0 aliphatic rings. The summed E-state index contributed by atoms with van der Waals surface area (Å²) in [5, 5.41) is 0. The van der Waals surface area contributed by atoms with Gasteiger partial charge in [-0.15, -0.1) is 6.58 Å². The number of carbonyl (C=O) groups is 1. The molecule has 0 unspecified atom stereocenters. The first-order valence-electron chi connectivity index (χ1n) is 7.38. The molecule has 25 heavy (non-hydrogen) atoms. The quantitative estimate of drug-likeness (QED) is 0.398. The van der Waals surface area contributed by atoms with Crippen molar-refractivity contribution in [3.63, 3.8) is 0 Å². The van der Waals surface area contributed by atoms with Crippen LogP contribution in [0.4, 0.5) is 8.78 Å². The normalized spacial score (nSPS) is 10.8. The van der Waals surface area contributed by atoms with Crippen molar-refractivity contribution in [2.75, 3.05) is 6.54 Å². The second-order valence-electron chi connectivity index (χ2n) is 5.06. The van der Waals surface area contributed by atoms with Crippen LogP contribution in [0.1, 0.15) is 18.5 Å². The van der Waals surface area contributed by atoms with Gasteiger partial charge in [-0.05, 0) is 18.6 Å². The van der Waals surface area contributed by atoms with Crippen molar-refractivity contribution in [1.29, 1.82) is 0 Å². The van der Waals surface area contributed by atoms with Crippen LogP contribution in [0.25, 0.3) is 17.2 Å². The first-order chi connectivity index (χ1) is 11.5. The zero-order chi connectivity index (χ0) is 17.6. The van der Waals surface area contributed by atoms with Crippen molar-refractivity contribution < 1.29 is 74.1 Å². The minimum atomic E-state index is -3.69. The number of benzene rings is 1. The molecular weight excluding hydrogens is 357 g/mol. The maximum Gasteiger partial charge on any atom is 1.00 e. The molecule has 0 saturated heterocycles. The van der Waals surface area contributed by atoms with Crippen LogP contribution in [0.2, 0.25) is 0 Å². The maximum atomic E-state index is 13.6. The van der Waals surface area contributed by atoms with Gasteiger partial charge in [0.1, 0.15) is 5.69 Å². The third-order valence-electron chi connectivity index (χ3n) is 3.16. The summed E-state index contributed by atoms with van der Waals surface area (Å²) in [5.41, 5.74) is 8.06. The molecule has 1 N–H and O–H groups in total. The average molecular weight is 374 g/mol. The summed E-state index contributed by atoms with van der Waals surface area (Å²) in [5.74, 6) is -5.58. The molecule has 0 spiro atoms. The van der Waals surface area contributed by atoms with Gasteiger partial charge in [-0.2, -0.15) is 15.3 Å². The largest absolute Gasteiger partial charge is 1.00 e. The van der Waals surface area contributed by atoms with Crippen molar-refractivity contribution in [2.45, 2.75) is 25.2 Å². The number of hydrogen-bond acceptors (Lipinski definition) is 4. The summed E-state index contributed by atoms with van der Waals surface area (Å²) in [6, 6.07) is 8.82. The minimum Gasteiger partial charge on any atom is -0.677 e. The fraction of sp³-hybridized carbons (Fsp3) is 0.294. The molecule has 0 aliphatic carbocycles. The molecular formula is C17H17F2KN2O3. The number of oxazole rings is 1. The first-order valence-corrected chi connectivity index (χ1v) is 7.38. The molecule has 1 aromatic carbocycles. The Labute approximate surface area is 187 Å². The Balaban J connectivity index is 0.00000312. The zero-order valence-corrected chi connectivity index (χ0v) is 17.1. The summed E-state index contributed by atoms with van der Waals surface area (Å²) in [4.78, 5) is 15.9. The number of aromatic nitrogens is 1. The van der Waals surface area contributed by atoms with Crippen molar-refractivity contribution >= 4 is 5.97 Å². The van der Waals surface area contributed by atoms with Crippen molar-refractivity contribution in [2.24, 2.45) is 0 Å². The molecule has 8 heteroatoms. The van der Waals surface area contributed by atoms with Crippen LogP contribution in [0.5, 0.6) is 5.95 Å². The summed E-state index contributed by atoms with van der Waals surface area (Å²) in [7, 11) is 0. The number of nitrogens with one attached hydrogen (secondary N) is 1. The second-order valence-corrected chi connectivity index (χ2v) is 5.06. The van der Waals surface area contributed by atoms with Gasteiger partial charge in [0.05, 0.1) is 0 Å². The number of aryl methyl sites for hydroxylation is 1. The smallest absolute Gasteiger partial charge is 0.677 e. The van der Waals surface area contributed by atoms with Gasteiger partial charge >= 0.3 is 69.2 Å². The maximum absolute atomic E-state index is 13.6. The topological polar surface area (TPSA) is 76.1 Å². The molecule has 1 aromatic heterocycles. The number of esters is 1. The number of ether oxygens (including phenoxy) is 1. The molecule has 0 amide bonds. The SMILES string of the molecule is C=CCC(F)(F)C(=O)Oc1oc(-c2ccccc2)nc1CCC[NH-].[K+]. The fourth-order valence-corrected chi connectivity index (χ4v) is 1.96. The van der Waals surface area contributed by atoms with Crippen LogP contribution >= 0.6 is 0 Å². The summed E-state index contributed by atoms with van der Waals surface area (Å²) in [6.07, 6.45) is 0.843. The van der Waals surface area contributed by atoms with Crippen LogP contribution in [0.15, 0.2) is 47.4 Å². The molecule has 2 aromatic rings. The molecule has 0 radical (unpaired) electrons. The van der Waals surface area contributed by atoms with E-state index in [1.54, 1.807) is 24.3 Å². The van der Waals surface area contributed by atoms with Gasteiger partial charge in [-0.3, -0.25) is 0 Å². The number of allylic oxidation sites excluding steroid dienone is 1. The minimum absolute atomic E-state index is 0. The molecule has 5 nitrogen and oxygen atoms in total. The molecule has 0 fully saturated rings. The van der Waals surface area contributed by atoms with Crippen LogP contribution < -0.4 is 56.1 Å². The average Bonchev–Trinajstić information content (AvgIpc) is 2.96. The molecule has 0 bridgehead atoms. The van der Waals surface area contributed by atoms with Gasteiger partial charge in [0, 0.05) is 12.0 Å². The third-order valence-corrected chi connectivity index (χ3v) is 3.16. The predicted molar refractivity (Wildman–Crippen MR) is 84.8 cm³/mol. The Morgan fingerprint density at radius 2 is 2.04 bits per heavy atom. The zero-order valence-electron chi connectivity index (χ0n) is 13.9. The predicted octanol–water partition coefficient (Wildman–Crippen LogP) is 1.45. The Hall–Kier alpha value is -0.904. The summed E-state index contributed by atoms with van der Waals surface area (Å²) >= 11 is 0. The third kappa shape index (κ3) is 6.09. The van der Waals surface area contributed by atoms with E-state index in [1.165, 1.54) is 0 Å². The van der Waals surface area contributed by atoms with Crippen molar-refractivity contribution in [3.05, 3.63) is 54.4 Å². The molecule has 0 aliphatic heterocycles. The van der Waals surface area contributed by atoms with E-state index in [4.69, 9.17) is 14.9 Å². The Morgan fingerprint density at radius 1 is 1.36 bits per heavy atom. The fourth-order valence-electron chi connectivity index (χ4n) is 1.96. The van der Waals surface area contributed by atoms with E-state index in [-0.39, 0.29) is 81.9 Å². The van der Waals surface area contributed by atoms with E-state index < -0.39 is 18.3 Å². The monoisotopic (exact) mass is 374 g/mol. The Morgan fingerprint density at radius 3 is 2.64 bits per heavy atom. The number of alkyl halides is 2. The van der Waals surface area contributed by atoms with E-state index in [0.717, 1.165) is 6.08 Å². The first kappa shape index (κ1) is 22.1. The van der Waals surface area contributed by atoms with Crippen molar-refractivity contribution in [3.8, 4) is 17.4 Å². The van der Waals surface area contributed by atoms with E-state index in [2.05, 4.69) is 11.6 Å². The molecule has 2 rings (SSSR count). The van der Waals surface area contributed by atoms with E-state index in [0.29, 0.717) is 12.0 Å². The van der Waals surface area contributed by atoms with Crippen LogP contribution in [0, 0.1) is 0 Å². The van der Waals surface area contributed by atoms with Gasteiger partial charge in [0.25, 0.3) is 0 Å². The van der Waals surface area contributed by atoms with Gasteiger partial charge in [-0.25, -0.2) is 9.78 Å². The number of rotatable bonds is 8. The molecule has 128 valence electrons. The van der Waals surface area contributed by atoms with E-state index >= 15 is 0 Å². The van der Waals surface area contributed by atoms with E-state index in [9.17, 15) is 13.6 Å². The molecule has 1 heterocycles. The number of nitrogens with zero attached hydrogens (tertiary/aromatic N) is 1. The van der Waals surface area contributed by atoms with Crippen LogP contribution in [-0.2, 0) is 11.2 Å². The van der Waals surface area contributed by atoms with Crippen molar-refractivity contribution in [1.82, 2.24) is 4.98 Å². The Bertz CT molecular complexity index is 705. The molecule has 0 atom stereocenters. The standard InChI is InChI=1S/C17H17F2N2O3.K/c1-2-10-17(18,19)16(22)24-15-13(9-6-11-20)21-14(23-15)12-7-4-3-5-8-12;/h2-5,7-8,20H,1,6,9-11H2;/q-1;+1. The summed E-state index contributed by atoms with van der Waals surface area (Å²) < 4.78 is 37.3. The second kappa shape index (κ2) is 10.3. The summed E-state index contributed by atoms with van der Waals surface area (Å²) in [6.45, 7) is 3.33. The van der Waals surface area contributed by atoms with E-state index in [1.807, 2.05) is 6.07 Å². The Kier molecular flexibility index (Phi) is 9.12. The van der Waals surface area contributed by atoms with Crippen LogP contribution in [0.3, 0.4) is 0 Å². The van der Waals surface area contributed by atoms with Gasteiger partial charge in [-0.1, -0.05) is 30.7 Å². The van der Waals surface area contributed by atoms with Gasteiger partial charge in [0.15, 0.2) is 0 Å². The van der Waals surface area contributed by atoms with Crippen LogP contribution in [-0.4, -0.2) is 23.4 Å². The molecule has 0 saturated carbocycles. The van der Waals surface area contributed by atoms with Gasteiger partial charge in [0.2, 0.25) is 5.89 Å². The number of halogens is 2. The van der Waals surface area contributed by atoms with Gasteiger partial charge < -0.3 is 14.9 Å².